The average molecular weight is 610 g/mol. The van der Waals surface area contributed by atoms with Gasteiger partial charge in [-0.05, 0) is 35.4 Å². The first-order chi connectivity index (χ1) is 18.3. The number of carbonyl (C=O) groups excluding carboxylic acids is 1. The zero-order valence-corrected chi connectivity index (χ0v) is 23.8. The second-order valence-corrected chi connectivity index (χ2v) is 13.3. The Morgan fingerprint density at radius 3 is 2.42 bits per heavy atom. The Bertz CT molecular complexity index is 1360. The number of thiazole rings is 1. The molecule has 0 bridgehead atoms. The maximum Gasteiger partial charge on any atom is 0.276 e. The Morgan fingerprint density at radius 1 is 1.03 bits per heavy atom. The van der Waals surface area contributed by atoms with Gasteiger partial charge in [-0.25, -0.2) is 4.98 Å². The predicted molar refractivity (Wildman–Crippen MR) is 154 cm³/mol. The van der Waals surface area contributed by atoms with Gasteiger partial charge in [0.2, 0.25) is 0 Å². The monoisotopic (exact) mass is 608 g/mol. The van der Waals surface area contributed by atoms with Crippen molar-refractivity contribution in [2.45, 2.75) is 39.7 Å². The van der Waals surface area contributed by atoms with Crippen molar-refractivity contribution in [3.05, 3.63) is 89.5 Å². The van der Waals surface area contributed by atoms with Crippen molar-refractivity contribution in [1.82, 2.24) is 4.98 Å². The SMILES string of the molecule is O=C(Nc1ccc(C2OC(CSc3nc4ccccc4s3)CC(c3ccc(CO)cc3)O2)cc1)C(Cl)(Cl)Cl. The highest BCUT2D eigenvalue weighted by molar-refractivity contribution is 8.01. The molecule has 1 fully saturated rings. The zero-order valence-electron chi connectivity index (χ0n) is 19.9. The number of fused-ring (bicyclic) bond motifs is 1. The minimum atomic E-state index is -2.05. The van der Waals surface area contributed by atoms with Crippen LogP contribution in [-0.4, -0.2) is 31.6 Å². The number of aromatic nitrogens is 1. The average Bonchev–Trinajstić information content (AvgIpc) is 3.35. The number of aliphatic hydroxyl groups is 1. The molecule has 3 atom stereocenters. The molecule has 11 heteroatoms. The van der Waals surface area contributed by atoms with Crippen LogP contribution in [0.15, 0.2) is 77.1 Å². The molecule has 3 aromatic carbocycles. The number of ether oxygens (including phenoxy) is 2. The number of hydrogen-bond acceptors (Lipinski definition) is 7. The van der Waals surface area contributed by atoms with Crippen LogP contribution < -0.4 is 5.32 Å². The van der Waals surface area contributed by atoms with Crippen molar-refractivity contribution < 1.29 is 19.4 Å². The number of anilines is 1. The first-order valence-electron chi connectivity index (χ1n) is 11.8. The number of hydrogen-bond donors (Lipinski definition) is 2. The van der Waals surface area contributed by atoms with Crippen LogP contribution >= 0.6 is 57.9 Å². The molecule has 2 heterocycles. The van der Waals surface area contributed by atoms with Crippen molar-refractivity contribution in [2.75, 3.05) is 11.1 Å². The zero-order chi connectivity index (χ0) is 26.7. The second kappa shape index (κ2) is 12.1. The Balaban J connectivity index is 1.33. The lowest BCUT2D eigenvalue weighted by atomic mass is 10.0. The van der Waals surface area contributed by atoms with E-state index >= 15 is 0 Å². The predicted octanol–water partition coefficient (Wildman–Crippen LogP) is 7.44. The molecule has 0 spiro atoms. The topological polar surface area (TPSA) is 80.7 Å². The Kier molecular flexibility index (Phi) is 8.82. The fourth-order valence-corrected chi connectivity index (χ4v) is 6.28. The van der Waals surface area contributed by atoms with Crippen LogP contribution in [0.4, 0.5) is 5.69 Å². The molecule has 3 unspecified atom stereocenters. The molecule has 4 aromatic rings. The fourth-order valence-electron chi connectivity index (χ4n) is 4.03. The van der Waals surface area contributed by atoms with E-state index < -0.39 is 16.0 Å². The van der Waals surface area contributed by atoms with E-state index in [1.807, 2.05) is 54.6 Å². The highest BCUT2D eigenvalue weighted by atomic mass is 35.6. The van der Waals surface area contributed by atoms with Gasteiger partial charge in [-0.15, -0.1) is 11.3 Å². The van der Waals surface area contributed by atoms with Crippen LogP contribution in [0.5, 0.6) is 0 Å². The summed E-state index contributed by atoms with van der Waals surface area (Å²) in [7, 11) is 0. The largest absolute Gasteiger partial charge is 0.392 e. The van der Waals surface area contributed by atoms with Crippen LogP contribution in [0.25, 0.3) is 10.2 Å². The van der Waals surface area contributed by atoms with Crippen molar-refractivity contribution in [3.8, 4) is 0 Å². The number of amides is 1. The summed E-state index contributed by atoms with van der Waals surface area (Å²) in [6.45, 7) is -0.0138. The third kappa shape index (κ3) is 6.81. The third-order valence-corrected chi connectivity index (χ3v) is 8.81. The van der Waals surface area contributed by atoms with Gasteiger partial charge in [-0.2, -0.15) is 0 Å². The van der Waals surface area contributed by atoms with Gasteiger partial charge in [-0.3, -0.25) is 4.79 Å². The van der Waals surface area contributed by atoms with Crippen LogP contribution in [0.3, 0.4) is 0 Å². The minimum Gasteiger partial charge on any atom is -0.392 e. The summed E-state index contributed by atoms with van der Waals surface area (Å²) < 4.78 is 12.9. The highest BCUT2D eigenvalue weighted by Gasteiger charge is 2.33. The molecule has 0 aliphatic carbocycles. The van der Waals surface area contributed by atoms with E-state index in [-0.39, 0.29) is 18.8 Å². The van der Waals surface area contributed by atoms with E-state index in [2.05, 4.69) is 11.4 Å². The summed E-state index contributed by atoms with van der Waals surface area (Å²) in [5.41, 5.74) is 4.13. The molecular formula is C27H23Cl3N2O4S2. The number of halogens is 3. The normalized spacial score (nSPS) is 19.9. The third-order valence-electron chi connectivity index (χ3n) is 5.98. The molecule has 38 heavy (non-hydrogen) atoms. The number of nitrogens with zero attached hydrogens (tertiary/aromatic N) is 1. The number of carbonyl (C=O) groups is 1. The van der Waals surface area contributed by atoms with E-state index in [1.54, 1.807) is 35.2 Å². The van der Waals surface area contributed by atoms with E-state index in [0.717, 1.165) is 31.2 Å². The molecule has 5 rings (SSSR count). The van der Waals surface area contributed by atoms with E-state index in [0.29, 0.717) is 17.9 Å². The summed E-state index contributed by atoms with van der Waals surface area (Å²) in [4.78, 5) is 16.7. The molecule has 1 aromatic heterocycles. The Morgan fingerprint density at radius 2 is 1.74 bits per heavy atom. The van der Waals surface area contributed by atoms with Gasteiger partial charge < -0.3 is 19.9 Å². The van der Waals surface area contributed by atoms with Gasteiger partial charge >= 0.3 is 0 Å². The number of nitrogens with one attached hydrogen (secondary N) is 1. The van der Waals surface area contributed by atoms with Gasteiger partial charge in [0.15, 0.2) is 10.6 Å². The van der Waals surface area contributed by atoms with Gasteiger partial charge in [-0.1, -0.05) is 95.1 Å². The van der Waals surface area contributed by atoms with Gasteiger partial charge in [0.25, 0.3) is 9.70 Å². The summed E-state index contributed by atoms with van der Waals surface area (Å²) in [6.07, 6.45) is -0.252. The number of benzene rings is 3. The van der Waals surface area contributed by atoms with Crippen molar-refractivity contribution in [2.24, 2.45) is 0 Å². The lowest BCUT2D eigenvalue weighted by Gasteiger charge is -2.36. The summed E-state index contributed by atoms with van der Waals surface area (Å²) in [6, 6.07) is 22.9. The maximum absolute atomic E-state index is 12.0. The second-order valence-electron chi connectivity index (χ2n) is 8.68. The number of para-hydroxylation sites is 1. The standard InChI is InChI=1S/C27H23Cl3N2O4S2/c28-27(29,30)25(34)31-19-11-9-18(10-12-19)24-35-20(13-22(36-24)17-7-5-16(14-33)6-8-17)15-37-26-32-21-3-1-2-4-23(21)38-26/h1-12,20,22,24,33H,13-15H2,(H,31,34). The summed E-state index contributed by atoms with van der Waals surface area (Å²) in [5.74, 6) is -0.0267. The van der Waals surface area contributed by atoms with E-state index in [4.69, 9.17) is 49.3 Å². The number of rotatable bonds is 7. The van der Waals surface area contributed by atoms with Crippen molar-refractivity contribution in [1.29, 1.82) is 0 Å². The summed E-state index contributed by atoms with van der Waals surface area (Å²) in [5, 5.41) is 12.0. The lowest BCUT2D eigenvalue weighted by Crippen LogP contribution is -2.31. The van der Waals surface area contributed by atoms with Gasteiger partial charge in [0, 0.05) is 23.4 Å². The molecule has 1 saturated heterocycles. The molecule has 6 nitrogen and oxygen atoms in total. The van der Waals surface area contributed by atoms with E-state index in [9.17, 15) is 9.90 Å². The quantitative estimate of drug-likeness (QED) is 0.168. The number of alkyl halides is 3. The van der Waals surface area contributed by atoms with Crippen molar-refractivity contribution in [3.63, 3.8) is 0 Å². The van der Waals surface area contributed by atoms with Gasteiger partial charge in [0.1, 0.15) is 0 Å². The molecule has 2 N–H and O–H groups in total. The van der Waals surface area contributed by atoms with E-state index in [1.165, 1.54) is 0 Å². The number of aliphatic hydroxyl groups excluding tert-OH is 1. The smallest absolute Gasteiger partial charge is 0.276 e. The molecule has 198 valence electrons. The van der Waals surface area contributed by atoms with Crippen LogP contribution in [0.1, 0.15) is 35.5 Å². The maximum atomic E-state index is 12.0. The molecule has 1 amide bonds. The number of thioether (sulfide) groups is 1. The summed E-state index contributed by atoms with van der Waals surface area (Å²) >= 11 is 20.3. The van der Waals surface area contributed by atoms with Crippen LogP contribution in [0.2, 0.25) is 0 Å². The molecule has 0 saturated carbocycles. The first-order valence-corrected chi connectivity index (χ1v) is 14.7. The van der Waals surface area contributed by atoms with Gasteiger partial charge in [0.05, 0.1) is 29.0 Å². The van der Waals surface area contributed by atoms with Crippen LogP contribution in [-0.2, 0) is 20.9 Å². The fraction of sp³-hybridized carbons (Fsp3) is 0.259. The minimum absolute atomic E-state index is 0.0138. The highest BCUT2D eigenvalue weighted by Crippen LogP contribution is 2.40. The Hall–Kier alpha value is -1.88. The molecule has 0 radical (unpaired) electrons. The Labute approximate surface area is 243 Å². The lowest BCUT2D eigenvalue weighted by molar-refractivity contribution is -0.245. The molecule has 1 aliphatic heterocycles. The molecule has 1 aliphatic rings. The van der Waals surface area contributed by atoms with Crippen molar-refractivity contribution >= 4 is 79.7 Å². The molecular weight excluding hydrogens is 587 g/mol. The van der Waals surface area contributed by atoms with Crippen LogP contribution in [0, 0.1) is 0 Å². The first kappa shape index (κ1) is 27.7.